The monoisotopic (exact) mass is 249 g/mol. The summed E-state index contributed by atoms with van der Waals surface area (Å²) in [7, 11) is -4.67. The number of hydrogen-bond donors (Lipinski definition) is 4. The van der Waals surface area contributed by atoms with Crippen LogP contribution in [0.1, 0.15) is 12.0 Å². The van der Waals surface area contributed by atoms with Crippen LogP contribution in [0.4, 0.5) is 0 Å². The number of benzene rings is 1. The number of nitrogens with two attached hydrogens (primary N) is 1. The van der Waals surface area contributed by atoms with Gasteiger partial charge in [0.2, 0.25) is 0 Å². The molecule has 0 aromatic heterocycles. The predicted molar refractivity (Wildman–Crippen MR) is 59.1 cm³/mol. The molecule has 92 valence electrons. The van der Waals surface area contributed by atoms with Gasteiger partial charge in [0, 0.05) is 0 Å². The summed E-state index contributed by atoms with van der Waals surface area (Å²) >= 11 is 0. The highest BCUT2D eigenvalue weighted by Crippen LogP contribution is 2.02. The van der Waals surface area contributed by atoms with Gasteiger partial charge in [0.1, 0.15) is 6.23 Å². The molecule has 1 unspecified atom stereocenters. The molecule has 0 amide bonds. The largest absolute Gasteiger partial charge is 0.394 e. The first-order valence-corrected chi connectivity index (χ1v) is 5.86. The molecule has 0 fully saturated rings. The Balaban J connectivity index is 0.000000385. The lowest BCUT2D eigenvalue weighted by molar-refractivity contribution is 0.172. The minimum absolute atomic E-state index is 0.629. The number of aryl methyl sites for hydroxylation is 1. The molecule has 0 aliphatic carbocycles. The summed E-state index contributed by atoms with van der Waals surface area (Å²) < 4.78 is 31.6. The second-order valence-corrected chi connectivity index (χ2v) is 3.94. The van der Waals surface area contributed by atoms with Gasteiger partial charge in [0.25, 0.3) is 0 Å². The lowest BCUT2D eigenvalue weighted by Crippen LogP contribution is -2.19. The summed E-state index contributed by atoms with van der Waals surface area (Å²) in [6.07, 6.45) is 0.790. The molecule has 5 N–H and O–H groups in total. The normalized spacial score (nSPS) is 12.5. The van der Waals surface area contributed by atoms with E-state index in [0.29, 0.717) is 6.42 Å². The van der Waals surface area contributed by atoms with Crippen LogP contribution in [0.5, 0.6) is 0 Å². The molecule has 0 aliphatic rings. The van der Waals surface area contributed by atoms with Gasteiger partial charge in [-0.15, -0.1) is 0 Å². The van der Waals surface area contributed by atoms with Gasteiger partial charge in [0.05, 0.1) is 0 Å². The third kappa shape index (κ3) is 13.0. The van der Waals surface area contributed by atoms with Crippen molar-refractivity contribution in [1.29, 1.82) is 0 Å². The Labute approximate surface area is 94.3 Å². The summed E-state index contributed by atoms with van der Waals surface area (Å²) in [6, 6.07) is 10.0. The Morgan fingerprint density at radius 1 is 1.19 bits per heavy atom. The summed E-state index contributed by atoms with van der Waals surface area (Å²) in [5.41, 5.74) is 6.42. The first-order valence-electron chi connectivity index (χ1n) is 4.46. The molecular formula is C9H15NO5S. The lowest BCUT2D eigenvalue weighted by Gasteiger charge is -2.02. The van der Waals surface area contributed by atoms with Gasteiger partial charge in [0.15, 0.2) is 0 Å². The molecule has 0 radical (unpaired) electrons. The van der Waals surface area contributed by atoms with Crippen molar-refractivity contribution in [3.63, 3.8) is 0 Å². The Kier molecular flexibility index (Phi) is 6.86. The smallest absolute Gasteiger partial charge is 0.379 e. The average molecular weight is 249 g/mol. The molecule has 0 aliphatic heterocycles. The molecule has 1 atom stereocenters. The van der Waals surface area contributed by atoms with Gasteiger partial charge in [-0.1, -0.05) is 30.3 Å². The third-order valence-electron chi connectivity index (χ3n) is 1.57. The second kappa shape index (κ2) is 7.31. The SMILES string of the molecule is NC(O)CCc1ccccc1.O=S(=O)(O)O. The van der Waals surface area contributed by atoms with Gasteiger partial charge in [-0.25, -0.2) is 0 Å². The Bertz CT molecular complexity index is 368. The zero-order chi connectivity index (χ0) is 12.6. The topological polar surface area (TPSA) is 121 Å². The molecule has 0 spiro atoms. The van der Waals surface area contributed by atoms with E-state index in [2.05, 4.69) is 0 Å². The minimum Gasteiger partial charge on any atom is -0.379 e. The van der Waals surface area contributed by atoms with Crippen LogP contribution in [0.2, 0.25) is 0 Å². The zero-order valence-electron chi connectivity index (χ0n) is 8.52. The standard InChI is InChI=1S/C9H13NO.H2O4S/c10-9(11)7-6-8-4-2-1-3-5-8;1-5(2,3)4/h1-5,9,11H,6-7,10H2;(H2,1,2,3,4). The Morgan fingerprint density at radius 3 is 2.00 bits per heavy atom. The van der Waals surface area contributed by atoms with Crippen LogP contribution in [0.25, 0.3) is 0 Å². The molecule has 0 saturated carbocycles. The van der Waals surface area contributed by atoms with E-state index in [1.807, 2.05) is 30.3 Å². The summed E-state index contributed by atoms with van der Waals surface area (Å²) in [5, 5.41) is 8.79. The van der Waals surface area contributed by atoms with Crippen molar-refractivity contribution in [2.75, 3.05) is 0 Å². The maximum Gasteiger partial charge on any atom is 0.394 e. The maximum absolute atomic E-state index is 8.79. The molecule has 0 bridgehead atoms. The Morgan fingerprint density at radius 2 is 1.62 bits per heavy atom. The van der Waals surface area contributed by atoms with Crippen molar-refractivity contribution in [3.05, 3.63) is 35.9 Å². The van der Waals surface area contributed by atoms with Gasteiger partial charge in [-0.2, -0.15) is 8.42 Å². The fourth-order valence-electron chi connectivity index (χ4n) is 0.959. The molecule has 7 heteroatoms. The van der Waals surface area contributed by atoms with Crippen molar-refractivity contribution in [3.8, 4) is 0 Å². The predicted octanol–water partition coefficient (Wildman–Crippen LogP) is 0.243. The summed E-state index contributed by atoms with van der Waals surface area (Å²) in [5.74, 6) is 0. The van der Waals surface area contributed by atoms with Crippen molar-refractivity contribution >= 4 is 10.4 Å². The van der Waals surface area contributed by atoms with Crippen molar-refractivity contribution < 1.29 is 22.6 Å². The van der Waals surface area contributed by atoms with Crippen molar-refractivity contribution in [2.24, 2.45) is 5.73 Å². The van der Waals surface area contributed by atoms with Crippen LogP contribution < -0.4 is 5.73 Å². The minimum atomic E-state index is -4.67. The summed E-state index contributed by atoms with van der Waals surface area (Å²) in [4.78, 5) is 0. The van der Waals surface area contributed by atoms with E-state index in [4.69, 9.17) is 28.4 Å². The van der Waals surface area contributed by atoms with Gasteiger partial charge < -0.3 is 10.8 Å². The van der Waals surface area contributed by atoms with Crippen molar-refractivity contribution in [1.82, 2.24) is 0 Å². The number of aliphatic hydroxyl groups excluding tert-OH is 1. The van der Waals surface area contributed by atoms with E-state index in [9.17, 15) is 0 Å². The number of hydrogen-bond acceptors (Lipinski definition) is 4. The van der Waals surface area contributed by atoms with E-state index in [1.165, 1.54) is 5.56 Å². The quantitative estimate of drug-likeness (QED) is 0.450. The van der Waals surface area contributed by atoms with E-state index < -0.39 is 16.6 Å². The number of aliphatic hydroxyl groups is 1. The highest BCUT2D eigenvalue weighted by atomic mass is 32.3. The number of rotatable bonds is 3. The Hall–Kier alpha value is -0.990. The zero-order valence-corrected chi connectivity index (χ0v) is 9.34. The first-order chi connectivity index (χ1) is 7.29. The second-order valence-electron chi connectivity index (χ2n) is 3.04. The fourth-order valence-corrected chi connectivity index (χ4v) is 0.959. The molecule has 1 rings (SSSR count). The van der Waals surface area contributed by atoms with E-state index >= 15 is 0 Å². The molecule has 1 aromatic carbocycles. The van der Waals surface area contributed by atoms with Crippen LogP contribution in [-0.2, 0) is 16.8 Å². The van der Waals surface area contributed by atoms with Crippen LogP contribution in [0.15, 0.2) is 30.3 Å². The molecule has 6 nitrogen and oxygen atoms in total. The highest BCUT2D eigenvalue weighted by molar-refractivity contribution is 7.79. The molecule has 1 aromatic rings. The third-order valence-corrected chi connectivity index (χ3v) is 1.57. The highest BCUT2D eigenvalue weighted by Gasteiger charge is 1.95. The molecule has 16 heavy (non-hydrogen) atoms. The fraction of sp³-hybridized carbons (Fsp3) is 0.333. The van der Waals surface area contributed by atoms with Crippen LogP contribution in [0.3, 0.4) is 0 Å². The molecule has 0 saturated heterocycles. The van der Waals surface area contributed by atoms with E-state index in [-0.39, 0.29) is 0 Å². The lowest BCUT2D eigenvalue weighted by atomic mass is 10.1. The summed E-state index contributed by atoms with van der Waals surface area (Å²) in [6.45, 7) is 0. The maximum atomic E-state index is 8.79. The average Bonchev–Trinajstić information content (AvgIpc) is 2.14. The molecule has 0 heterocycles. The van der Waals surface area contributed by atoms with Crippen LogP contribution in [0, 0.1) is 0 Å². The van der Waals surface area contributed by atoms with Gasteiger partial charge in [-0.05, 0) is 18.4 Å². The van der Waals surface area contributed by atoms with Crippen LogP contribution in [-0.4, -0.2) is 28.9 Å². The van der Waals surface area contributed by atoms with E-state index in [0.717, 1.165) is 6.42 Å². The molecular weight excluding hydrogens is 234 g/mol. The van der Waals surface area contributed by atoms with Crippen LogP contribution >= 0.6 is 0 Å². The van der Waals surface area contributed by atoms with E-state index in [1.54, 1.807) is 0 Å². The van der Waals surface area contributed by atoms with Gasteiger partial charge in [-0.3, -0.25) is 9.11 Å². The first kappa shape index (κ1) is 15.0. The van der Waals surface area contributed by atoms with Gasteiger partial charge >= 0.3 is 10.4 Å². The van der Waals surface area contributed by atoms with Crippen molar-refractivity contribution in [2.45, 2.75) is 19.1 Å².